The van der Waals surface area contributed by atoms with Gasteiger partial charge in [-0.25, -0.2) is 0 Å². The van der Waals surface area contributed by atoms with Crippen LogP contribution >= 0.6 is 8.03 Å². The molecule has 1 aliphatic carbocycles. The molecular weight excluding hydrogens is 387 g/mol. The van der Waals surface area contributed by atoms with Gasteiger partial charge >= 0.3 is 8.03 Å². The minimum Gasteiger partial charge on any atom is -0.490 e. The zero-order valence-corrected chi connectivity index (χ0v) is 18.7. The molecule has 0 spiro atoms. The molecule has 1 amide bonds. The van der Waals surface area contributed by atoms with Gasteiger partial charge in [-0.1, -0.05) is 20.8 Å². The van der Waals surface area contributed by atoms with Gasteiger partial charge in [0.1, 0.15) is 5.75 Å². The largest absolute Gasteiger partial charge is 0.506 e. The topological polar surface area (TPSA) is 78.9 Å². The van der Waals surface area contributed by atoms with E-state index in [2.05, 4.69) is 32.2 Å². The minimum absolute atomic E-state index is 0.00825. The summed E-state index contributed by atoms with van der Waals surface area (Å²) in [6.07, 6.45) is 5.93. The van der Waals surface area contributed by atoms with Crippen LogP contribution in [0.15, 0.2) is 18.2 Å². The van der Waals surface area contributed by atoms with Crippen molar-refractivity contribution in [1.29, 1.82) is 0 Å². The maximum absolute atomic E-state index is 12.5. The van der Waals surface area contributed by atoms with E-state index in [9.17, 15) is 9.36 Å². The number of anilines is 1. The van der Waals surface area contributed by atoms with Gasteiger partial charge in [0.25, 0.3) is 0 Å². The number of nitrogens with zero attached hydrogens (tertiary/aromatic N) is 1. The fraction of sp³-hybridized carbons (Fsp3) is 0.682. The SMILES string of the molecule is CC(C)(C)C1CCC(Oc2ccc3c(c2)CCN3C(=O)CNCC[P+](=O)O)CC1. The fourth-order valence-corrected chi connectivity index (χ4v) is 4.76. The molecule has 160 valence electrons. The molecule has 0 bridgehead atoms. The summed E-state index contributed by atoms with van der Waals surface area (Å²) in [6, 6.07) is 6.05. The number of rotatable bonds is 7. The minimum atomic E-state index is -2.16. The Balaban J connectivity index is 1.52. The maximum Gasteiger partial charge on any atom is 0.506 e. The van der Waals surface area contributed by atoms with Crippen molar-refractivity contribution in [3.8, 4) is 5.75 Å². The van der Waals surface area contributed by atoms with Crippen molar-refractivity contribution in [2.75, 3.05) is 30.7 Å². The van der Waals surface area contributed by atoms with E-state index in [1.165, 1.54) is 12.8 Å². The van der Waals surface area contributed by atoms with Gasteiger partial charge in [-0.3, -0.25) is 4.79 Å². The van der Waals surface area contributed by atoms with Crippen LogP contribution < -0.4 is 15.0 Å². The smallest absolute Gasteiger partial charge is 0.490 e. The molecule has 1 aliphatic heterocycles. The molecule has 1 aromatic rings. The summed E-state index contributed by atoms with van der Waals surface area (Å²) in [4.78, 5) is 23.1. The second kappa shape index (κ2) is 9.55. The number of fused-ring (bicyclic) bond motifs is 1. The molecule has 1 saturated carbocycles. The van der Waals surface area contributed by atoms with Gasteiger partial charge in [0.2, 0.25) is 5.91 Å². The number of amides is 1. The molecule has 2 aliphatic rings. The van der Waals surface area contributed by atoms with E-state index in [1.54, 1.807) is 4.90 Å². The second-order valence-corrected chi connectivity index (χ2v) is 10.4. The van der Waals surface area contributed by atoms with Gasteiger partial charge in [-0.05, 0) is 71.8 Å². The molecule has 29 heavy (non-hydrogen) atoms. The zero-order valence-electron chi connectivity index (χ0n) is 17.8. The van der Waals surface area contributed by atoms with Crippen molar-refractivity contribution in [3.05, 3.63) is 23.8 Å². The molecule has 1 fully saturated rings. The molecule has 3 rings (SSSR count). The molecule has 0 radical (unpaired) electrons. The van der Waals surface area contributed by atoms with Crippen molar-refractivity contribution in [3.63, 3.8) is 0 Å². The number of hydrogen-bond acceptors (Lipinski definition) is 4. The Morgan fingerprint density at radius 1 is 1.28 bits per heavy atom. The standard InChI is InChI=1S/C22H33N2O4P/c1-22(2,3)17-4-6-18(7-5-17)28-19-8-9-20-16(14-19)10-12-24(20)21(25)15-23-11-13-29(26)27/h8-9,14,17-18,23H,4-7,10-13,15H2,1-3H3/p+1. The normalized spacial score (nSPS) is 22.3. The summed E-state index contributed by atoms with van der Waals surface area (Å²) >= 11 is 0. The van der Waals surface area contributed by atoms with Gasteiger partial charge in [-0.15, -0.1) is 0 Å². The Bertz CT molecular complexity index is 739. The highest BCUT2D eigenvalue weighted by Gasteiger charge is 2.31. The fourth-order valence-electron chi connectivity index (χ4n) is 4.42. The van der Waals surface area contributed by atoms with Crippen molar-refractivity contribution >= 4 is 19.6 Å². The predicted molar refractivity (Wildman–Crippen MR) is 116 cm³/mol. The average Bonchev–Trinajstić information content (AvgIpc) is 3.08. The molecule has 1 aromatic carbocycles. The number of ether oxygens (including phenoxy) is 1. The molecule has 0 saturated heterocycles. The number of nitrogens with one attached hydrogen (secondary N) is 1. The first-order valence-corrected chi connectivity index (χ1v) is 12.1. The Labute approximate surface area is 174 Å². The van der Waals surface area contributed by atoms with Crippen molar-refractivity contribution in [2.24, 2.45) is 11.3 Å². The third-order valence-corrected chi connectivity index (χ3v) is 6.81. The lowest BCUT2D eigenvalue weighted by molar-refractivity contribution is -0.117. The number of benzene rings is 1. The molecular formula is C22H34N2O4P+. The second-order valence-electron chi connectivity index (χ2n) is 9.30. The number of hydrogen-bond donors (Lipinski definition) is 2. The van der Waals surface area contributed by atoms with E-state index in [1.807, 2.05) is 12.1 Å². The summed E-state index contributed by atoms with van der Waals surface area (Å²) in [5.41, 5.74) is 2.48. The molecule has 1 unspecified atom stereocenters. The lowest BCUT2D eigenvalue weighted by Crippen LogP contribution is -2.37. The van der Waals surface area contributed by atoms with Gasteiger partial charge in [0, 0.05) is 18.8 Å². The van der Waals surface area contributed by atoms with E-state index < -0.39 is 8.03 Å². The summed E-state index contributed by atoms with van der Waals surface area (Å²) in [6.45, 7) is 8.20. The van der Waals surface area contributed by atoms with Crippen molar-refractivity contribution < 1.29 is 19.0 Å². The highest BCUT2D eigenvalue weighted by atomic mass is 31.1. The van der Waals surface area contributed by atoms with Gasteiger partial charge in [0.05, 0.1) is 12.6 Å². The monoisotopic (exact) mass is 421 g/mol. The molecule has 1 heterocycles. The van der Waals surface area contributed by atoms with E-state index in [0.29, 0.717) is 18.5 Å². The van der Waals surface area contributed by atoms with Crippen LogP contribution in [-0.2, 0) is 15.8 Å². The first-order valence-electron chi connectivity index (χ1n) is 10.7. The van der Waals surface area contributed by atoms with E-state index in [0.717, 1.165) is 42.2 Å². The Morgan fingerprint density at radius 2 is 2.00 bits per heavy atom. The van der Waals surface area contributed by atoms with Crippen molar-refractivity contribution in [2.45, 2.75) is 59.0 Å². The zero-order chi connectivity index (χ0) is 21.0. The quantitative estimate of drug-likeness (QED) is 0.516. The summed E-state index contributed by atoms with van der Waals surface area (Å²) in [5.74, 6) is 1.67. The molecule has 7 heteroatoms. The van der Waals surface area contributed by atoms with Crippen LogP contribution in [0.1, 0.15) is 52.0 Å². The lowest BCUT2D eigenvalue weighted by atomic mass is 9.72. The Morgan fingerprint density at radius 3 is 2.66 bits per heavy atom. The maximum atomic E-state index is 12.5. The molecule has 6 nitrogen and oxygen atoms in total. The van der Waals surface area contributed by atoms with Crippen LogP contribution in [0.2, 0.25) is 0 Å². The third-order valence-electron chi connectivity index (χ3n) is 6.21. The summed E-state index contributed by atoms with van der Waals surface area (Å²) < 4.78 is 17.0. The molecule has 0 aromatic heterocycles. The molecule has 1 atom stereocenters. The number of carbonyl (C=O) groups is 1. The van der Waals surface area contributed by atoms with E-state index in [4.69, 9.17) is 9.63 Å². The van der Waals surface area contributed by atoms with E-state index in [-0.39, 0.29) is 24.7 Å². The van der Waals surface area contributed by atoms with Gasteiger partial charge in [0.15, 0.2) is 6.16 Å². The lowest BCUT2D eigenvalue weighted by Gasteiger charge is -2.37. The Hall–Kier alpha value is -1.49. The first-order chi connectivity index (χ1) is 13.7. The van der Waals surface area contributed by atoms with Crippen LogP contribution in [-0.4, -0.2) is 42.7 Å². The van der Waals surface area contributed by atoms with Crippen LogP contribution in [0.4, 0.5) is 5.69 Å². The van der Waals surface area contributed by atoms with Gasteiger partial charge in [-0.2, -0.15) is 4.89 Å². The molecule has 2 N–H and O–H groups in total. The van der Waals surface area contributed by atoms with Gasteiger partial charge < -0.3 is 15.0 Å². The van der Waals surface area contributed by atoms with Crippen LogP contribution in [0.5, 0.6) is 5.75 Å². The highest BCUT2D eigenvalue weighted by Crippen LogP contribution is 2.39. The summed E-state index contributed by atoms with van der Waals surface area (Å²) in [5, 5.41) is 2.94. The van der Waals surface area contributed by atoms with Crippen LogP contribution in [0, 0.1) is 11.3 Å². The third kappa shape index (κ3) is 6.00. The summed E-state index contributed by atoms with van der Waals surface area (Å²) in [7, 11) is -2.16. The average molecular weight is 421 g/mol. The van der Waals surface area contributed by atoms with Crippen molar-refractivity contribution in [1.82, 2.24) is 5.32 Å². The van der Waals surface area contributed by atoms with Crippen LogP contribution in [0.25, 0.3) is 0 Å². The predicted octanol–water partition coefficient (Wildman–Crippen LogP) is 3.88. The van der Waals surface area contributed by atoms with Crippen LogP contribution in [0.3, 0.4) is 0 Å². The first kappa shape index (κ1) is 22.2. The Kier molecular flexibility index (Phi) is 7.31. The van der Waals surface area contributed by atoms with E-state index >= 15 is 0 Å². The number of carbonyl (C=O) groups excluding carboxylic acids is 1. The highest BCUT2D eigenvalue weighted by molar-refractivity contribution is 7.38.